The summed E-state index contributed by atoms with van der Waals surface area (Å²) in [6, 6.07) is 0. The Bertz CT molecular complexity index is 842. The lowest BCUT2D eigenvalue weighted by Crippen LogP contribution is -2.60. The fraction of sp³-hybridized carbons (Fsp3) is 0.970. The van der Waals surface area contributed by atoms with E-state index in [2.05, 4.69) is 11.1 Å². The summed E-state index contributed by atoms with van der Waals surface area (Å²) in [6.45, 7) is 3.72. The number of aliphatic hydroxyl groups is 3. The molecule has 0 aromatic carbocycles. The van der Waals surface area contributed by atoms with Crippen LogP contribution in [0.1, 0.15) is 142 Å². The van der Waals surface area contributed by atoms with Crippen molar-refractivity contribution in [1.29, 1.82) is 0 Å². The first-order chi connectivity index (χ1) is 22.1. The van der Waals surface area contributed by atoms with Crippen LogP contribution in [0.2, 0.25) is 0 Å². The van der Waals surface area contributed by atoms with Crippen LogP contribution in [-0.2, 0) is 38.3 Å². The monoisotopic (exact) mass is 684 g/mol. The normalized spacial score (nSPS) is 22.6. The molecule has 4 N–H and O–H groups in total. The molecule has 1 saturated heterocycles. The van der Waals surface area contributed by atoms with Gasteiger partial charge in [-0.3, -0.25) is 9.35 Å². The van der Waals surface area contributed by atoms with Crippen LogP contribution in [0.5, 0.6) is 0 Å². The topological polar surface area (TPSA) is 178 Å². The molecule has 0 bridgehead atoms. The fourth-order valence-corrected chi connectivity index (χ4v) is 5.98. The minimum Gasteiger partial charge on any atom is -0.457 e. The average molecular weight is 685 g/mol. The third-order valence-corrected chi connectivity index (χ3v) is 8.69. The van der Waals surface area contributed by atoms with Crippen LogP contribution < -0.4 is 0 Å². The highest BCUT2D eigenvalue weighted by atomic mass is 32.3. The van der Waals surface area contributed by atoms with Gasteiger partial charge in [0.25, 0.3) is 0 Å². The van der Waals surface area contributed by atoms with E-state index >= 15 is 0 Å². The van der Waals surface area contributed by atoms with Crippen LogP contribution in [0.15, 0.2) is 0 Å². The van der Waals surface area contributed by atoms with E-state index in [1.54, 1.807) is 0 Å². The molecule has 13 heteroatoms. The maximum absolute atomic E-state index is 12.3. The third kappa shape index (κ3) is 21.1. The number of esters is 1. The summed E-state index contributed by atoms with van der Waals surface area (Å²) in [5.74, 6) is -0.432. The van der Waals surface area contributed by atoms with Crippen molar-refractivity contribution in [1.82, 2.24) is 0 Å². The Kier molecular flexibility index (Phi) is 25.3. The van der Waals surface area contributed by atoms with E-state index in [1.807, 2.05) is 6.92 Å². The number of unbranched alkanes of at least 4 members (excludes halogenated alkanes) is 17. The quantitative estimate of drug-likeness (QED) is 0.0431. The zero-order valence-corrected chi connectivity index (χ0v) is 29.2. The molecule has 0 spiro atoms. The lowest BCUT2D eigenvalue weighted by atomic mass is 9.99. The van der Waals surface area contributed by atoms with Crippen molar-refractivity contribution in [3.63, 3.8) is 0 Å². The lowest BCUT2D eigenvalue weighted by molar-refractivity contribution is -0.301. The van der Waals surface area contributed by atoms with Crippen LogP contribution in [0.3, 0.4) is 0 Å². The van der Waals surface area contributed by atoms with Crippen molar-refractivity contribution in [2.24, 2.45) is 0 Å². The highest BCUT2D eigenvalue weighted by Gasteiger charge is 2.48. The highest BCUT2D eigenvalue weighted by Crippen LogP contribution is 2.26. The largest absolute Gasteiger partial charge is 0.457 e. The van der Waals surface area contributed by atoms with Gasteiger partial charge in [-0.2, -0.15) is 8.42 Å². The molecule has 1 aliphatic rings. The molecule has 1 fully saturated rings. The van der Waals surface area contributed by atoms with E-state index < -0.39 is 59.8 Å². The smallest absolute Gasteiger partial charge is 0.397 e. The van der Waals surface area contributed by atoms with E-state index in [1.165, 1.54) is 89.9 Å². The molecule has 274 valence electrons. The van der Waals surface area contributed by atoms with Gasteiger partial charge >= 0.3 is 16.4 Å². The second kappa shape index (κ2) is 27.0. The van der Waals surface area contributed by atoms with Gasteiger partial charge in [0, 0.05) is 13.0 Å². The van der Waals surface area contributed by atoms with Gasteiger partial charge in [-0.15, -0.1) is 0 Å². The van der Waals surface area contributed by atoms with Gasteiger partial charge in [0.2, 0.25) is 0 Å². The SMILES string of the molecule is CCCCCCCCCCCCCCCCCCCOCC(COC1OC(CO)C(O)C(OS(=O)(=O)O)C1O)OC(=O)CCCC. The third-order valence-electron chi connectivity index (χ3n) is 8.23. The number of carbonyl (C=O) groups is 1. The number of hydrogen-bond donors (Lipinski definition) is 4. The first-order valence-electron chi connectivity index (χ1n) is 17.8. The van der Waals surface area contributed by atoms with Gasteiger partial charge in [0.05, 0.1) is 19.8 Å². The highest BCUT2D eigenvalue weighted by molar-refractivity contribution is 7.80. The molecule has 0 radical (unpaired) electrons. The molecular formula is C33H64O12S. The van der Waals surface area contributed by atoms with E-state index in [9.17, 15) is 28.5 Å². The second-order valence-corrected chi connectivity index (χ2v) is 13.5. The van der Waals surface area contributed by atoms with Crippen LogP contribution in [-0.4, -0.2) is 97.5 Å². The van der Waals surface area contributed by atoms with E-state index in [0.29, 0.717) is 13.0 Å². The standard InChI is InChI=1S/C33H64O12S/c1-3-5-7-8-9-10-11-12-13-14-15-16-17-18-19-20-21-23-41-25-27(43-29(35)22-6-4-2)26-42-33-31(37)32(45-46(38,39)40)30(36)28(24-34)44-33/h27-28,30-34,36-37H,3-26H2,1-2H3,(H,38,39,40). The molecule has 0 aliphatic carbocycles. The van der Waals surface area contributed by atoms with Crippen LogP contribution in [0, 0.1) is 0 Å². The maximum Gasteiger partial charge on any atom is 0.397 e. The van der Waals surface area contributed by atoms with Gasteiger partial charge < -0.3 is 34.3 Å². The molecule has 0 aromatic heterocycles. The van der Waals surface area contributed by atoms with Crippen molar-refractivity contribution >= 4 is 16.4 Å². The summed E-state index contributed by atoms with van der Waals surface area (Å²) in [6.07, 6.45) is 14.3. The van der Waals surface area contributed by atoms with Crippen molar-refractivity contribution in [3.8, 4) is 0 Å². The van der Waals surface area contributed by atoms with Gasteiger partial charge in [-0.1, -0.05) is 123 Å². The van der Waals surface area contributed by atoms with Crippen LogP contribution in [0.25, 0.3) is 0 Å². The van der Waals surface area contributed by atoms with E-state index in [-0.39, 0.29) is 19.6 Å². The van der Waals surface area contributed by atoms with Crippen molar-refractivity contribution in [3.05, 3.63) is 0 Å². The Balaban J connectivity index is 2.29. The zero-order valence-electron chi connectivity index (χ0n) is 28.4. The molecular weight excluding hydrogens is 620 g/mol. The fourth-order valence-electron chi connectivity index (χ4n) is 5.47. The minimum absolute atomic E-state index is 0.0382. The van der Waals surface area contributed by atoms with Crippen molar-refractivity contribution in [2.45, 2.75) is 179 Å². The van der Waals surface area contributed by atoms with E-state index in [0.717, 1.165) is 25.7 Å². The molecule has 0 aromatic rings. The first-order valence-corrected chi connectivity index (χ1v) is 19.2. The zero-order chi connectivity index (χ0) is 34.0. The summed E-state index contributed by atoms with van der Waals surface area (Å²) in [5.41, 5.74) is 0. The number of rotatable bonds is 30. The predicted octanol–water partition coefficient (Wildman–Crippen LogP) is 5.40. The Hall–Kier alpha value is -0.900. The molecule has 0 saturated carbocycles. The summed E-state index contributed by atoms with van der Waals surface area (Å²) in [5, 5.41) is 30.2. The van der Waals surface area contributed by atoms with Crippen LogP contribution in [0.4, 0.5) is 0 Å². The molecule has 46 heavy (non-hydrogen) atoms. The Morgan fingerprint density at radius 1 is 0.739 bits per heavy atom. The van der Waals surface area contributed by atoms with Gasteiger partial charge in [-0.05, 0) is 12.8 Å². The molecule has 6 unspecified atom stereocenters. The number of ether oxygens (including phenoxy) is 4. The first kappa shape index (κ1) is 43.1. The van der Waals surface area contributed by atoms with E-state index in [4.69, 9.17) is 23.5 Å². The average Bonchev–Trinajstić information content (AvgIpc) is 3.02. The molecule has 12 nitrogen and oxygen atoms in total. The second-order valence-electron chi connectivity index (χ2n) is 12.5. The molecule has 1 rings (SSSR count). The van der Waals surface area contributed by atoms with Gasteiger partial charge in [0.15, 0.2) is 6.29 Å². The number of aliphatic hydroxyl groups excluding tert-OH is 3. The number of hydrogen-bond acceptors (Lipinski definition) is 11. The summed E-state index contributed by atoms with van der Waals surface area (Å²) in [7, 11) is -5.04. The Labute approximate surface area is 277 Å². The molecule has 6 atom stereocenters. The lowest BCUT2D eigenvalue weighted by Gasteiger charge is -2.41. The molecule has 1 heterocycles. The summed E-state index contributed by atoms with van der Waals surface area (Å²) >= 11 is 0. The van der Waals surface area contributed by atoms with Gasteiger partial charge in [0.1, 0.15) is 30.5 Å². The van der Waals surface area contributed by atoms with Crippen LogP contribution >= 0.6 is 0 Å². The van der Waals surface area contributed by atoms with Crippen molar-refractivity contribution < 1.29 is 56.2 Å². The predicted molar refractivity (Wildman–Crippen MR) is 175 cm³/mol. The maximum atomic E-state index is 12.3. The molecule has 1 aliphatic heterocycles. The Morgan fingerprint density at radius 2 is 1.24 bits per heavy atom. The van der Waals surface area contributed by atoms with Gasteiger partial charge in [-0.25, -0.2) is 4.18 Å². The minimum atomic E-state index is -5.04. The number of carbonyl (C=O) groups excluding carboxylic acids is 1. The summed E-state index contributed by atoms with van der Waals surface area (Å²) in [4.78, 5) is 12.3. The Morgan fingerprint density at radius 3 is 1.72 bits per heavy atom. The van der Waals surface area contributed by atoms with Crippen molar-refractivity contribution in [2.75, 3.05) is 26.4 Å². The summed E-state index contributed by atoms with van der Waals surface area (Å²) < 4.78 is 58.0. The molecule has 0 amide bonds.